The Morgan fingerprint density at radius 3 is 2.58 bits per heavy atom. The summed E-state index contributed by atoms with van der Waals surface area (Å²) in [5, 5.41) is 19.5. The van der Waals surface area contributed by atoms with Crippen LogP contribution in [0.15, 0.2) is 0 Å². The van der Waals surface area contributed by atoms with Crippen molar-refractivity contribution in [3.63, 3.8) is 0 Å². The Morgan fingerprint density at radius 1 is 1.21 bits per heavy atom. The van der Waals surface area contributed by atoms with Crippen LogP contribution in [-0.2, 0) is 4.79 Å². The Balaban J connectivity index is 1.53. The lowest BCUT2D eigenvalue weighted by atomic mass is 9.89. The summed E-state index contributed by atoms with van der Waals surface area (Å²) >= 11 is 0. The van der Waals surface area contributed by atoms with E-state index in [0.29, 0.717) is 18.5 Å². The number of carboxylic acid groups (broad SMARTS) is 1. The zero-order chi connectivity index (χ0) is 13.4. The van der Waals surface area contributed by atoms with E-state index in [1.54, 1.807) is 0 Å². The minimum atomic E-state index is -0.650. The molecule has 4 unspecified atom stereocenters. The maximum atomic E-state index is 11.2. The summed E-state index contributed by atoms with van der Waals surface area (Å²) in [5.74, 6) is -0.148. The van der Waals surface area contributed by atoms with E-state index in [0.717, 1.165) is 25.7 Å². The van der Waals surface area contributed by atoms with Gasteiger partial charge >= 0.3 is 5.97 Å². The lowest BCUT2D eigenvalue weighted by molar-refractivity contribution is -0.142. The average molecular weight is 267 g/mol. The fourth-order valence-electron chi connectivity index (χ4n) is 4.60. The van der Waals surface area contributed by atoms with Gasteiger partial charge in [0.05, 0.1) is 12.0 Å². The second-order valence-corrected chi connectivity index (χ2v) is 6.72. The van der Waals surface area contributed by atoms with Crippen LogP contribution >= 0.6 is 0 Å². The molecule has 3 rings (SSSR count). The summed E-state index contributed by atoms with van der Waals surface area (Å²) in [6.45, 7) is 0.690. The molecule has 0 radical (unpaired) electrons. The molecule has 3 fully saturated rings. The van der Waals surface area contributed by atoms with Gasteiger partial charge in [0.1, 0.15) is 0 Å². The molecule has 4 nitrogen and oxygen atoms in total. The van der Waals surface area contributed by atoms with Gasteiger partial charge in [-0.05, 0) is 31.6 Å². The smallest absolute Gasteiger partial charge is 0.308 e. The van der Waals surface area contributed by atoms with Gasteiger partial charge in [0.15, 0.2) is 0 Å². The predicted molar refractivity (Wildman–Crippen MR) is 71.8 cm³/mol. The molecule has 3 aliphatic rings. The molecule has 4 atom stereocenters. The van der Waals surface area contributed by atoms with E-state index in [9.17, 15) is 15.0 Å². The molecule has 2 saturated heterocycles. The van der Waals surface area contributed by atoms with Gasteiger partial charge in [-0.1, -0.05) is 25.7 Å². The Labute approximate surface area is 114 Å². The molecule has 108 valence electrons. The fourth-order valence-corrected chi connectivity index (χ4v) is 4.60. The van der Waals surface area contributed by atoms with Crippen molar-refractivity contribution in [2.75, 3.05) is 6.54 Å². The molecule has 0 aromatic carbocycles. The number of aliphatic carboxylic acids is 1. The Hall–Kier alpha value is -0.610. The van der Waals surface area contributed by atoms with Gasteiger partial charge in [-0.3, -0.25) is 9.69 Å². The summed E-state index contributed by atoms with van der Waals surface area (Å²) in [5.41, 5.74) is 0. The molecule has 0 aromatic rings. The van der Waals surface area contributed by atoms with Crippen molar-refractivity contribution in [1.82, 2.24) is 4.90 Å². The van der Waals surface area contributed by atoms with Gasteiger partial charge < -0.3 is 10.2 Å². The standard InChI is InChI=1S/C15H25NO3/c17-12(7-10-3-1-2-4-10)9-16-11-5-6-14(16)13(8-11)15(18)19/h10-14,17H,1-9H2,(H,18,19). The zero-order valence-electron chi connectivity index (χ0n) is 11.5. The minimum Gasteiger partial charge on any atom is -0.481 e. The highest BCUT2D eigenvalue weighted by Crippen LogP contribution is 2.42. The quantitative estimate of drug-likeness (QED) is 0.798. The van der Waals surface area contributed by atoms with Gasteiger partial charge in [0, 0.05) is 18.6 Å². The van der Waals surface area contributed by atoms with Crippen molar-refractivity contribution in [2.24, 2.45) is 11.8 Å². The Morgan fingerprint density at radius 2 is 1.95 bits per heavy atom. The molecular weight excluding hydrogens is 242 g/mol. The van der Waals surface area contributed by atoms with Crippen molar-refractivity contribution in [1.29, 1.82) is 0 Å². The normalized spacial score (nSPS) is 37.0. The Kier molecular flexibility index (Phi) is 3.81. The van der Waals surface area contributed by atoms with Gasteiger partial charge in [-0.15, -0.1) is 0 Å². The molecule has 2 aliphatic heterocycles. The van der Waals surface area contributed by atoms with Crippen LogP contribution < -0.4 is 0 Å². The van der Waals surface area contributed by atoms with E-state index < -0.39 is 5.97 Å². The topological polar surface area (TPSA) is 60.8 Å². The summed E-state index contributed by atoms with van der Waals surface area (Å²) < 4.78 is 0. The number of carboxylic acids is 1. The fraction of sp³-hybridized carbons (Fsp3) is 0.933. The number of nitrogens with zero attached hydrogens (tertiary/aromatic N) is 1. The third-order valence-electron chi connectivity index (χ3n) is 5.50. The van der Waals surface area contributed by atoms with E-state index >= 15 is 0 Å². The number of rotatable bonds is 5. The summed E-state index contributed by atoms with van der Waals surface area (Å²) in [4.78, 5) is 13.5. The molecule has 0 amide bonds. The lowest BCUT2D eigenvalue weighted by Crippen LogP contribution is -2.38. The SMILES string of the molecule is O=C(O)C1CC2CCC1N2CC(O)CC1CCCC1. The number of hydrogen-bond acceptors (Lipinski definition) is 3. The van der Waals surface area contributed by atoms with Crippen molar-refractivity contribution >= 4 is 5.97 Å². The molecule has 19 heavy (non-hydrogen) atoms. The van der Waals surface area contributed by atoms with Gasteiger partial charge in [0.2, 0.25) is 0 Å². The van der Waals surface area contributed by atoms with Crippen LogP contribution in [0.5, 0.6) is 0 Å². The van der Waals surface area contributed by atoms with E-state index in [4.69, 9.17) is 0 Å². The molecule has 1 saturated carbocycles. The highest BCUT2D eigenvalue weighted by Gasteiger charge is 2.49. The maximum absolute atomic E-state index is 11.2. The first-order valence-electron chi connectivity index (χ1n) is 7.81. The van der Waals surface area contributed by atoms with E-state index in [1.165, 1.54) is 25.7 Å². The molecule has 0 spiro atoms. The molecule has 0 aromatic heterocycles. The molecular formula is C15H25NO3. The minimum absolute atomic E-state index is 0.181. The second kappa shape index (κ2) is 5.41. The van der Waals surface area contributed by atoms with Gasteiger partial charge in [-0.25, -0.2) is 0 Å². The van der Waals surface area contributed by atoms with E-state index in [-0.39, 0.29) is 18.1 Å². The molecule has 2 heterocycles. The van der Waals surface area contributed by atoms with Crippen LogP contribution in [0.3, 0.4) is 0 Å². The Bertz CT molecular complexity index is 340. The number of carbonyl (C=O) groups is 1. The molecule has 1 aliphatic carbocycles. The second-order valence-electron chi connectivity index (χ2n) is 6.72. The monoisotopic (exact) mass is 267 g/mol. The van der Waals surface area contributed by atoms with Gasteiger partial charge in [-0.2, -0.15) is 0 Å². The van der Waals surface area contributed by atoms with Crippen LogP contribution in [0.1, 0.15) is 51.4 Å². The zero-order valence-corrected chi connectivity index (χ0v) is 11.5. The summed E-state index contributed by atoms with van der Waals surface area (Å²) in [6.07, 6.45) is 8.70. The first-order chi connectivity index (χ1) is 9.15. The van der Waals surface area contributed by atoms with E-state index in [2.05, 4.69) is 4.90 Å². The van der Waals surface area contributed by atoms with Crippen molar-refractivity contribution < 1.29 is 15.0 Å². The highest BCUT2D eigenvalue weighted by atomic mass is 16.4. The van der Waals surface area contributed by atoms with Crippen molar-refractivity contribution in [2.45, 2.75) is 69.6 Å². The molecule has 2 N–H and O–H groups in total. The lowest BCUT2D eigenvalue weighted by Gasteiger charge is -2.26. The highest BCUT2D eigenvalue weighted by molar-refractivity contribution is 5.71. The van der Waals surface area contributed by atoms with Crippen LogP contribution in [0.4, 0.5) is 0 Å². The van der Waals surface area contributed by atoms with Crippen molar-refractivity contribution in [3.8, 4) is 0 Å². The number of aliphatic hydroxyl groups excluding tert-OH is 1. The number of aliphatic hydroxyl groups is 1. The van der Waals surface area contributed by atoms with Gasteiger partial charge in [0.25, 0.3) is 0 Å². The van der Waals surface area contributed by atoms with Crippen LogP contribution in [0, 0.1) is 11.8 Å². The average Bonchev–Trinajstić information content (AvgIpc) is 3.06. The van der Waals surface area contributed by atoms with Crippen molar-refractivity contribution in [3.05, 3.63) is 0 Å². The number of hydrogen-bond donors (Lipinski definition) is 2. The number of fused-ring (bicyclic) bond motifs is 2. The first-order valence-corrected chi connectivity index (χ1v) is 7.81. The predicted octanol–water partition coefficient (Wildman–Crippen LogP) is 1.87. The summed E-state index contributed by atoms with van der Waals surface area (Å²) in [6, 6.07) is 0.588. The maximum Gasteiger partial charge on any atom is 0.308 e. The van der Waals surface area contributed by atoms with Crippen LogP contribution in [0.25, 0.3) is 0 Å². The largest absolute Gasteiger partial charge is 0.481 e. The first kappa shape index (κ1) is 13.4. The van der Waals surface area contributed by atoms with E-state index in [1.807, 2.05) is 0 Å². The molecule has 2 bridgehead atoms. The van der Waals surface area contributed by atoms with Crippen LogP contribution in [-0.4, -0.2) is 45.8 Å². The third kappa shape index (κ3) is 2.65. The summed E-state index contributed by atoms with van der Waals surface area (Å²) in [7, 11) is 0. The molecule has 4 heteroatoms. The third-order valence-corrected chi connectivity index (χ3v) is 5.50. The van der Waals surface area contributed by atoms with Crippen LogP contribution in [0.2, 0.25) is 0 Å².